The van der Waals surface area contributed by atoms with E-state index in [1.165, 1.54) is 4.90 Å². The summed E-state index contributed by atoms with van der Waals surface area (Å²) in [7, 11) is 0. The number of benzene rings is 1. The highest BCUT2D eigenvalue weighted by atomic mass is 79.9. The minimum atomic E-state index is -1.29. The number of halogens is 1. The van der Waals surface area contributed by atoms with Crippen molar-refractivity contribution in [3.8, 4) is 0 Å². The number of hydrogen-bond acceptors (Lipinski definition) is 9. The molecule has 13 heteroatoms. The summed E-state index contributed by atoms with van der Waals surface area (Å²) in [6, 6.07) is 8.06. The summed E-state index contributed by atoms with van der Waals surface area (Å²) in [5.41, 5.74) is -0.599. The van der Waals surface area contributed by atoms with Crippen molar-refractivity contribution in [3.05, 3.63) is 61.2 Å². The molecule has 5 rings (SSSR count). The molecule has 1 spiro atoms. The number of ether oxygens (including phenoxy) is 3. The number of amides is 3. The zero-order valence-electron chi connectivity index (χ0n) is 26.6. The number of nitrogens with one attached hydrogen (secondary N) is 1. The average molecular weight is 718 g/mol. The normalized spacial score (nSPS) is 28.9. The molecular weight excluding hydrogens is 672 g/mol. The molecule has 0 aliphatic carbocycles. The van der Waals surface area contributed by atoms with Crippen LogP contribution in [-0.2, 0) is 33.4 Å². The Balaban J connectivity index is 1.39. The molecule has 256 valence electrons. The Hall–Kier alpha value is -3.10. The van der Waals surface area contributed by atoms with Crippen molar-refractivity contribution in [1.82, 2.24) is 20.0 Å². The number of aliphatic hydroxyl groups excluding tert-OH is 1. The van der Waals surface area contributed by atoms with Gasteiger partial charge >= 0.3 is 5.97 Å². The number of nitrogens with zero attached hydrogens (tertiary/aromatic N) is 3. The van der Waals surface area contributed by atoms with Gasteiger partial charge in [-0.05, 0) is 18.4 Å². The monoisotopic (exact) mass is 716 g/mol. The number of fused-ring (bicyclic) bond motifs is 1. The summed E-state index contributed by atoms with van der Waals surface area (Å²) >= 11 is 3.69. The number of allylic oxidation sites excluding steroid dienone is 1. The van der Waals surface area contributed by atoms with Gasteiger partial charge in [-0.15, -0.1) is 13.2 Å². The Morgan fingerprint density at radius 1 is 1.17 bits per heavy atom. The van der Waals surface area contributed by atoms with Gasteiger partial charge in [0.2, 0.25) is 17.7 Å². The third-order valence-electron chi connectivity index (χ3n) is 9.58. The second kappa shape index (κ2) is 15.9. The summed E-state index contributed by atoms with van der Waals surface area (Å²) < 4.78 is 18.1. The van der Waals surface area contributed by atoms with Crippen LogP contribution in [0, 0.1) is 11.8 Å². The number of carbonyl (C=O) groups excluding carboxylic acids is 4. The van der Waals surface area contributed by atoms with Crippen LogP contribution in [0.1, 0.15) is 30.9 Å². The third kappa shape index (κ3) is 7.34. The lowest BCUT2D eigenvalue weighted by Gasteiger charge is -2.37. The van der Waals surface area contributed by atoms with Crippen molar-refractivity contribution in [2.45, 2.75) is 47.9 Å². The molecular formula is C34H45BrN4O8. The first-order valence-corrected chi connectivity index (χ1v) is 17.2. The first-order chi connectivity index (χ1) is 22.7. The highest BCUT2D eigenvalue weighted by molar-refractivity contribution is 9.09. The van der Waals surface area contributed by atoms with Crippen LogP contribution in [0.4, 0.5) is 0 Å². The van der Waals surface area contributed by atoms with Crippen LogP contribution in [0.2, 0.25) is 0 Å². The number of esters is 1. The summed E-state index contributed by atoms with van der Waals surface area (Å²) in [6.07, 6.45) is 2.90. The van der Waals surface area contributed by atoms with Gasteiger partial charge in [0, 0.05) is 50.5 Å². The molecule has 2 N–H and O–H groups in total. The lowest BCUT2D eigenvalue weighted by Crippen LogP contribution is -2.58. The van der Waals surface area contributed by atoms with Crippen LogP contribution in [0.3, 0.4) is 0 Å². The van der Waals surface area contributed by atoms with Gasteiger partial charge in [-0.25, -0.2) is 0 Å². The molecule has 4 aliphatic rings. The predicted octanol–water partition coefficient (Wildman–Crippen LogP) is 1.44. The van der Waals surface area contributed by atoms with Crippen LogP contribution in [0.25, 0.3) is 0 Å². The van der Waals surface area contributed by atoms with Gasteiger partial charge in [0.25, 0.3) is 0 Å². The first kappa shape index (κ1) is 35.2. The Kier molecular flexibility index (Phi) is 11.9. The predicted molar refractivity (Wildman–Crippen MR) is 176 cm³/mol. The fourth-order valence-electron chi connectivity index (χ4n) is 7.38. The number of morpholine rings is 1. The van der Waals surface area contributed by atoms with E-state index in [1.54, 1.807) is 17.1 Å². The average Bonchev–Trinajstić information content (AvgIpc) is 3.67. The van der Waals surface area contributed by atoms with Gasteiger partial charge in [-0.1, -0.05) is 58.4 Å². The largest absolute Gasteiger partial charge is 0.455 e. The number of alkyl halides is 1. The van der Waals surface area contributed by atoms with Crippen molar-refractivity contribution in [2.75, 3.05) is 65.6 Å². The molecule has 4 aliphatic heterocycles. The van der Waals surface area contributed by atoms with Gasteiger partial charge < -0.3 is 34.4 Å². The number of aliphatic hydroxyl groups is 1. The minimum Gasteiger partial charge on any atom is -0.455 e. The summed E-state index contributed by atoms with van der Waals surface area (Å²) in [4.78, 5) is 60.1. The van der Waals surface area contributed by atoms with Gasteiger partial charge in [0.05, 0.1) is 44.3 Å². The van der Waals surface area contributed by atoms with E-state index in [1.807, 2.05) is 30.3 Å². The van der Waals surface area contributed by atoms with Crippen molar-refractivity contribution in [1.29, 1.82) is 0 Å². The van der Waals surface area contributed by atoms with Crippen molar-refractivity contribution < 1.29 is 38.5 Å². The van der Waals surface area contributed by atoms with Gasteiger partial charge in [0.1, 0.15) is 17.7 Å². The molecule has 0 aromatic heterocycles. The van der Waals surface area contributed by atoms with Gasteiger partial charge in [0.15, 0.2) is 0 Å². The van der Waals surface area contributed by atoms with Crippen LogP contribution in [0.5, 0.6) is 0 Å². The molecule has 1 unspecified atom stereocenters. The fraction of sp³-hybridized carbons (Fsp3) is 0.588. The molecule has 4 heterocycles. The Labute approximate surface area is 284 Å². The molecule has 47 heavy (non-hydrogen) atoms. The maximum absolute atomic E-state index is 14.4. The topological polar surface area (TPSA) is 138 Å². The van der Waals surface area contributed by atoms with E-state index in [0.717, 1.165) is 13.1 Å². The van der Waals surface area contributed by atoms with E-state index in [-0.39, 0.29) is 49.3 Å². The van der Waals surface area contributed by atoms with E-state index >= 15 is 0 Å². The molecule has 4 saturated heterocycles. The second-order valence-corrected chi connectivity index (χ2v) is 13.6. The van der Waals surface area contributed by atoms with Crippen LogP contribution < -0.4 is 5.32 Å². The number of rotatable bonds is 16. The highest BCUT2D eigenvalue weighted by Crippen LogP contribution is 2.60. The second-order valence-electron chi connectivity index (χ2n) is 12.4. The third-order valence-corrected chi connectivity index (χ3v) is 10.4. The number of carbonyl (C=O) groups is 4. The molecule has 4 fully saturated rings. The molecule has 1 aromatic rings. The smallest absolute Gasteiger partial charge is 0.313 e. The molecule has 2 bridgehead atoms. The summed E-state index contributed by atoms with van der Waals surface area (Å²) in [5, 5.41) is 12.8. The summed E-state index contributed by atoms with van der Waals surface area (Å²) in [6.45, 7) is 11.2. The standard InChI is InChI=1S/C34H45BrN4O8/c1-3-5-11-26(41)36-22-25(23-9-7-6-8-10-23)46-33(44)27-28-31(42)39(15-18-40)30(34(28)21-24(35)29(27)47-34)32(43)38(12-4-2)14-13-37-16-19-45-20-17-37/h3-4,6-10,24-25,27-30,40H,1-2,5,11-22H2,(H,36,41)/t24?,25-,27+,28-,29+,30+,34-/m0/s1. The number of likely N-dealkylation sites (tertiary alicyclic amines) is 1. The van der Waals surface area contributed by atoms with Crippen molar-refractivity contribution >= 4 is 39.6 Å². The van der Waals surface area contributed by atoms with Crippen molar-refractivity contribution in [3.63, 3.8) is 0 Å². The van der Waals surface area contributed by atoms with E-state index < -0.39 is 47.6 Å². The van der Waals surface area contributed by atoms with Gasteiger partial charge in [-0.2, -0.15) is 0 Å². The Bertz CT molecular complexity index is 1310. The summed E-state index contributed by atoms with van der Waals surface area (Å²) in [5.74, 6) is -3.53. The van der Waals surface area contributed by atoms with E-state index in [0.29, 0.717) is 44.7 Å². The number of β-amino-alcohol motifs (C(OH)–C–C–N with tert-alkyl or cyclic N) is 1. The number of hydrogen-bond donors (Lipinski definition) is 2. The molecule has 7 atom stereocenters. The zero-order chi connectivity index (χ0) is 33.6. The first-order valence-electron chi connectivity index (χ1n) is 16.3. The maximum atomic E-state index is 14.4. The van der Waals surface area contributed by atoms with Crippen LogP contribution >= 0.6 is 15.9 Å². The minimum absolute atomic E-state index is 0.0445. The molecule has 3 amide bonds. The molecule has 12 nitrogen and oxygen atoms in total. The van der Waals surface area contributed by atoms with E-state index in [2.05, 4.69) is 39.3 Å². The Morgan fingerprint density at radius 3 is 2.60 bits per heavy atom. The lowest BCUT2D eigenvalue weighted by molar-refractivity contribution is -0.160. The highest BCUT2D eigenvalue weighted by Gasteiger charge is 2.77. The van der Waals surface area contributed by atoms with Crippen LogP contribution in [0.15, 0.2) is 55.6 Å². The van der Waals surface area contributed by atoms with Crippen molar-refractivity contribution in [2.24, 2.45) is 11.8 Å². The Morgan fingerprint density at radius 2 is 1.91 bits per heavy atom. The van der Waals surface area contributed by atoms with E-state index in [9.17, 15) is 24.3 Å². The zero-order valence-corrected chi connectivity index (χ0v) is 28.2. The molecule has 1 aromatic carbocycles. The molecule has 0 saturated carbocycles. The SMILES string of the molecule is C=CCCC(=O)NC[C@H](OC(=O)[C@H]1[C@@H]2O[C@@]3(CC2Br)[C@@H]1C(=O)N(CCO)[C@@H]3C(=O)N(CC=C)CCN1CCOCC1)c1ccccc1. The van der Waals surface area contributed by atoms with Gasteiger partial charge in [-0.3, -0.25) is 24.1 Å². The fourth-order valence-corrected chi connectivity index (χ4v) is 8.32. The quantitative estimate of drug-likeness (QED) is 0.148. The van der Waals surface area contributed by atoms with Crippen LogP contribution in [-0.4, -0.2) is 132 Å². The maximum Gasteiger partial charge on any atom is 0.313 e. The van der Waals surface area contributed by atoms with E-state index in [4.69, 9.17) is 14.2 Å². The molecule has 0 radical (unpaired) electrons. The lowest BCUT2D eigenvalue weighted by atomic mass is 9.70.